The highest BCUT2D eigenvalue weighted by Crippen LogP contribution is 2.52. The molecule has 10 nitrogen and oxygen atoms in total. The first-order valence-electron chi connectivity index (χ1n) is 8.08. The molecule has 0 radical (unpaired) electrons. The molecule has 8 N–H and O–H groups in total. The van der Waals surface area contributed by atoms with Gasteiger partial charge in [-0.2, -0.15) is 11.8 Å². The van der Waals surface area contributed by atoms with Crippen LogP contribution in [-0.2, 0) is 18.9 Å². The van der Waals surface area contributed by atoms with E-state index in [2.05, 4.69) is 0 Å². The summed E-state index contributed by atoms with van der Waals surface area (Å²) in [4.78, 5) is 47.5. The maximum Gasteiger partial charge on any atom is 0.306 e. The Bertz CT molecular complexity index is 538. The van der Waals surface area contributed by atoms with Crippen molar-refractivity contribution in [2.24, 2.45) is 17.2 Å². The third-order valence-corrected chi connectivity index (χ3v) is 6.85. The molecule has 2 amide bonds. The van der Waals surface area contributed by atoms with E-state index in [-0.39, 0.29) is 12.2 Å². The van der Waals surface area contributed by atoms with Crippen LogP contribution in [0.3, 0.4) is 0 Å². The minimum absolute atomic E-state index is 0.138. The van der Waals surface area contributed by atoms with Crippen LogP contribution in [0.25, 0.3) is 0 Å². The highest BCUT2D eigenvalue weighted by molar-refractivity contribution is 7.98. The van der Waals surface area contributed by atoms with Gasteiger partial charge in [-0.1, -0.05) is 13.3 Å². The maximum absolute atomic E-state index is 12.7. The highest BCUT2D eigenvalue weighted by atomic mass is 32.2. The Kier molecular flexibility index (Phi) is 10.6. The molecule has 0 saturated carbocycles. The number of nitrogens with zero attached hydrogens (tertiary/aromatic N) is 1. The lowest BCUT2D eigenvalue weighted by Crippen LogP contribution is -2.57. The molecule has 0 heterocycles. The van der Waals surface area contributed by atoms with Crippen LogP contribution in [-0.4, -0.2) is 68.3 Å². The molecular formula is C14H29N4O6PS. The molecule has 0 aliphatic carbocycles. The minimum atomic E-state index is -4.45. The van der Waals surface area contributed by atoms with Gasteiger partial charge in [-0.05, 0) is 19.6 Å². The second-order valence-corrected chi connectivity index (χ2v) is 9.66. The summed E-state index contributed by atoms with van der Waals surface area (Å²) in [6.45, 7) is 2.98. The van der Waals surface area contributed by atoms with Crippen molar-refractivity contribution in [2.75, 3.05) is 12.0 Å². The van der Waals surface area contributed by atoms with E-state index in [9.17, 15) is 23.8 Å². The van der Waals surface area contributed by atoms with Gasteiger partial charge in [0.15, 0.2) is 0 Å². The van der Waals surface area contributed by atoms with E-state index in [4.69, 9.17) is 22.3 Å². The quantitative estimate of drug-likeness (QED) is 0.277. The standard InChI is InChI=1S/C14H29N4O6PS/c1-4-5-9(16)13(21)18(14(22)10(17)7-26-3)11(6-12(19)20)25(23,24)8(2)15/h8-11H,4-7,15-17H2,1-3H3,(H,19,20)(H,23,24)/t8?,9-,10-,11?/m0/s1. The summed E-state index contributed by atoms with van der Waals surface area (Å²) in [6, 6.07) is -2.29. The Balaban J connectivity index is 6.18. The predicted molar refractivity (Wildman–Crippen MR) is 101 cm³/mol. The fourth-order valence-corrected chi connectivity index (χ4v) is 4.28. The minimum Gasteiger partial charge on any atom is -0.481 e. The van der Waals surface area contributed by atoms with E-state index >= 15 is 0 Å². The molecule has 0 aliphatic rings. The Morgan fingerprint density at radius 3 is 2.04 bits per heavy atom. The van der Waals surface area contributed by atoms with Crippen molar-refractivity contribution < 1.29 is 28.9 Å². The van der Waals surface area contributed by atoms with Gasteiger partial charge in [0.05, 0.1) is 24.3 Å². The van der Waals surface area contributed by atoms with Crippen molar-refractivity contribution in [3.8, 4) is 0 Å². The molecule has 26 heavy (non-hydrogen) atoms. The molecule has 0 bridgehead atoms. The van der Waals surface area contributed by atoms with Crippen LogP contribution in [0.4, 0.5) is 0 Å². The number of imide groups is 1. The Labute approximate surface area is 157 Å². The lowest BCUT2D eigenvalue weighted by Gasteiger charge is -2.36. The predicted octanol–water partition coefficient (Wildman–Crippen LogP) is -0.465. The van der Waals surface area contributed by atoms with E-state index in [1.165, 1.54) is 18.7 Å². The second kappa shape index (κ2) is 11.0. The molecule has 0 aromatic heterocycles. The number of aliphatic carboxylic acids is 1. The summed E-state index contributed by atoms with van der Waals surface area (Å²) in [5.41, 5.74) is 17.1. The van der Waals surface area contributed by atoms with E-state index < -0.39 is 55.2 Å². The van der Waals surface area contributed by atoms with Gasteiger partial charge in [-0.15, -0.1) is 0 Å². The molecule has 0 aliphatic heterocycles. The van der Waals surface area contributed by atoms with Crippen LogP contribution in [0.15, 0.2) is 0 Å². The van der Waals surface area contributed by atoms with Crippen molar-refractivity contribution in [3.63, 3.8) is 0 Å². The van der Waals surface area contributed by atoms with E-state index in [1.54, 1.807) is 13.2 Å². The average molecular weight is 412 g/mol. The van der Waals surface area contributed by atoms with E-state index in [1.807, 2.05) is 0 Å². The Morgan fingerprint density at radius 2 is 1.65 bits per heavy atom. The number of carboxylic acid groups (broad SMARTS) is 1. The van der Waals surface area contributed by atoms with Crippen LogP contribution < -0.4 is 17.2 Å². The van der Waals surface area contributed by atoms with Crippen molar-refractivity contribution in [1.29, 1.82) is 0 Å². The summed E-state index contributed by atoms with van der Waals surface area (Å²) in [5, 5.41) is 9.14. The Hall–Kier alpha value is -0.970. The third-order valence-electron chi connectivity index (χ3n) is 3.72. The molecule has 0 rings (SSSR count). The molecule has 0 saturated heterocycles. The van der Waals surface area contributed by atoms with Gasteiger partial charge in [0.2, 0.25) is 19.2 Å². The van der Waals surface area contributed by atoms with Crippen LogP contribution in [0.5, 0.6) is 0 Å². The molecule has 0 spiro atoms. The van der Waals surface area contributed by atoms with E-state index in [0.29, 0.717) is 11.3 Å². The molecule has 5 atom stereocenters. The van der Waals surface area contributed by atoms with Crippen LogP contribution in [0, 0.1) is 0 Å². The normalized spacial score (nSPS) is 18.3. The topological polar surface area (TPSA) is 190 Å². The first kappa shape index (κ1) is 25.0. The number of carbonyl (C=O) groups excluding carboxylic acids is 2. The van der Waals surface area contributed by atoms with Crippen molar-refractivity contribution in [3.05, 3.63) is 0 Å². The first-order valence-corrected chi connectivity index (χ1v) is 11.3. The second-order valence-electron chi connectivity index (χ2n) is 6.00. The lowest BCUT2D eigenvalue weighted by atomic mass is 10.1. The summed E-state index contributed by atoms with van der Waals surface area (Å²) in [5.74, 6) is -6.39. The average Bonchev–Trinajstić information content (AvgIpc) is 2.53. The summed E-state index contributed by atoms with van der Waals surface area (Å²) in [6.07, 6.45) is 1.50. The molecule has 0 aromatic rings. The largest absolute Gasteiger partial charge is 0.481 e. The molecule has 0 fully saturated rings. The van der Waals surface area contributed by atoms with Gasteiger partial charge < -0.3 is 27.2 Å². The van der Waals surface area contributed by atoms with Gasteiger partial charge >= 0.3 is 5.97 Å². The number of hydrogen-bond acceptors (Lipinski definition) is 8. The summed E-state index contributed by atoms with van der Waals surface area (Å²) < 4.78 is 12.7. The lowest BCUT2D eigenvalue weighted by molar-refractivity contribution is -0.149. The van der Waals surface area contributed by atoms with Crippen molar-refractivity contribution in [1.82, 2.24) is 4.90 Å². The molecule has 0 aromatic carbocycles. The third kappa shape index (κ3) is 6.64. The van der Waals surface area contributed by atoms with Gasteiger partial charge in [0, 0.05) is 5.75 Å². The number of carbonyl (C=O) groups is 3. The number of carboxylic acids is 1. The fourth-order valence-electron chi connectivity index (χ4n) is 2.26. The zero-order chi connectivity index (χ0) is 20.7. The number of nitrogens with two attached hydrogens (primary N) is 3. The molecular weight excluding hydrogens is 383 g/mol. The number of hydrogen-bond donors (Lipinski definition) is 5. The fraction of sp³-hybridized carbons (Fsp3) is 0.786. The van der Waals surface area contributed by atoms with Crippen LogP contribution in [0.1, 0.15) is 33.1 Å². The number of amides is 2. The summed E-state index contributed by atoms with van der Waals surface area (Å²) >= 11 is 1.24. The molecule has 3 unspecified atom stereocenters. The van der Waals surface area contributed by atoms with Crippen LogP contribution >= 0.6 is 19.1 Å². The summed E-state index contributed by atoms with van der Waals surface area (Å²) in [7, 11) is -4.45. The van der Waals surface area contributed by atoms with Crippen LogP contribution in [0.2, 0.25) is 0 Å². The monoisotopic (exact) mass is 412 g/mol. The molecule has 152 valence electrons. The highest BCUT2D eigenvalue weighted by Gasteiger charge is 2.46. The van der Waals surface area contributed by atoms with Gasteiger partial charge in [0.25, 0.3) is 0 Å². The van der Waals surface area contributed by atoms with Gasteiger partial charge in [0.1, 0.15) is 5.78 Å². The SMILES string of the molecule is CCC[C@H](N)C(=O)N(C(=O)[C@@H](N)CSC)C(CC(=O)O)P(=O)(O)C(C)N. The van der Waals surface area contributed by atoms with Gasteiger partial charge in [-0.3, -0.25) is 23.8 Å². The molecule has 12 heteroatoms. The Morgan fingerprint density at radius 1 is 1.15 bits per heavy atom. The zero-order valence-electron chi connectivity index (χ0n) is 15.2. The van der Waals surface area contributed by atoms with Crippen molar-refractivity contribution in [2.45, 2.75) is 56.8 Å². The first-order chi connectivity index (χ1) is 11.9. The number of rotatable bonds is 11. The van der Waals surface area contributed by atoms with Crippen molar-refractivity contribution >= 4 is 36.9 Å². The smallest absolute Gasteiger partial charge is 0.306 e. The maximum atomic E-state index is 12.7. The van der Waals surface area contributed by atoms with E-state index in [0.717, 1.165) is 0 Å². The number of thioether (sulfide) groups is 1. The zero-order valence-corrected chi connectivity index (χ0v) is 16.9. The van der Waals surface area contributed by atoms with Gasteiger partial charge in [-0.25, -0.2) is 0 Å².